The van der Waals surface area contributed by atoms with Crippen LogP contribution in [0.1, 0.15) is 5.56 Å². The second-order valence-electron chi connectivity index (χ2n) is 3.63. The van der Waals surface area contributed by atoms with Gasteiger partial charge in [-0.1, -0.05) is 12.1 Å². The van der Waals surface area contributed by atoms with Crippen LogP contribution in [0.3, 0.4) is 0 Å². The van der Waals surface area contributed by atoms with Gasteiger partial charge in [0.05, 0.1) is 0 Å². The molecule has 0 spiro atoms. The number of nitrogens with two attached hydrogens (primary N) is 1. The first-order valence-electron chi connectivity index (χ1n) is 4.95. The molecule has 0 heterocycles. The molecule has 0 amide bonds. The Balaban J connectivity index is 2.76. The summed E-state index contributed by atoms with van der Waals surface area (Å²) in [5.74, 6) is 0. The largest absolute Gasteiger partial charge is 0.330 e. The van der Waals surface area contributed by atoms with Gasteiger partial charge < -0.3 is 5.73 Å². The molecule has 0 aromatic heterocycles. The zero-order valence-electron chi connectivity index (χ0n) is 9.47. The van der Waals surface area contributed by atoms with Crippen molar-refractivity contribution in [3.63, 3.8) is 0 Å². The van der Waals surface area contributed by atoms with E-state index in [1.165, 1.54) is 14.1 Å². The van der Waals surface area contributed by atoms with Crippen LogP contribution < -0.4 is 10.5 Å². The van der Waals surface area contributed by atoms with E-state index < -0.39 is 10.2 Å². The van der Waals surface area contributed by atoms with Crippen molar-refractivity contribution < 1.29 is 8.42 Å². The van der Waals surface area contributed by atoms with Gasteiger partial charge in [0.15, 0.2) is 0 Å². The van der Waals surface area contributed by atoms with Gasteiger partial charge in [-0.15, -0.1) is 0 Å². The molecule has 0 aliphatic carbocycles. The topological polar surface area (TPSA) is 75.4 Å². The molecule has 0 atom stereocenters. The highest BCUT2D eigenvalue weighted by molar-refractivity contribution is 7.90. The maximum atomic E-state index is 11.5. The van der Waals surface area contributed by atoms with Gasteiger partial charge in [0.1, 0.15) is 0 Å². The summed E-state index contributed by atoms with van der Waals surface area (Å²) in [4.78, 5) is 0. The zero-order valence-corrected chi connectivity index (χ0v) is 10.3. The smallest absolute Gasteiger partial charge is 0.301 e. The number of rotatable bonds is 5. The fourth-order valence-electron chi connectivity index (χ4n) is 1.15. The molecule has 0 saturated heterocycles. The van der Waals surface area contributed by atoms with Crippen LogP contribution >= 0.6 is 0 Å². The minimum atomic E-state index is -3.42. The third-order valence-corrected chi connectivity index (χ3v) is 3.57. The second kappa shape index (κ2) is 5.29. The van der Waals surface area contributed by atoms with Crippen molar-refractivity contribution >= 4 is 15.9 Å². The minimum Gasteiger partial charge on any atom is -0.330 e. The van der Waals surface area contributed by atoms with Gasteiger partial charge in [-0.3, -0.25) is 4.72 Å². The molecule has 0 aliphatic heterocycles. The normalized spacial score (nSPS) is 11.8. The number of anilines is 1. The molecule has 0 bridgehead atoms. The Hall–Kier alpha value is -1.11. The zero-order chi connectivity index (χ0) is 12.2. The molecule has 1 rings (SSSR count). The highest BCUT2D eigenvalue weighted by atomic mass is 32.2. The van der Waals surface area contributed by atoms with Crippen LogP contribution in [0, 0.1) is 0 Å². The first-order chi connectivity index (χ1) is 7.45. The molecule has 16 heavy (non-hydrogen) atoms. The van der Waals surface area contributed by atoms with Crippen LogP contribution in [0.15, 0.2) is 24.3 Å². The van der Waals surface area contributed by atoms with Crippen LogP contribution in [0.2, 0.25) is 0 Å². The number of hydrogen-bond donors (Lipinski definition) is 2. The third kappa shape index (κ3) is 3.48. The fraction of sp³-hybridized carbons (Fsp3) is 0.400. The molecule has 3 N–H and O–H groups in total. The molecule has 0 aliphatic rings. The summed E-state index contributed by atoms with van der Waals surface area (Å²) in [5.41, 5.74) is 7.07. The van der Waals surface area contributed by atoms with Crippen molar-refractivity contribution in [3.05, 3.63) is 29.8 Å². The van der Waals surface area contributed by atoms with Gasteiger partial charge >= 0.3 is 10.2 Å². The average Bonchev–Trinajstić information content (AvgIpc) is 2.21. The second-order valence-corrected chi connectivity index (χ2v) is 5.51. The van der Waals surface area contributed by atoms with E-state index in [1.54, 1.807) is 12.1 Å². The van der Waals surface area contributed by atoms with Crippen LogP contribution in [0.5, 0.6) is 0 Å². The summed E-state index contributed by atoms with van der Waals surface area (Å²) in [6.07, 6.45) is 0.792. The number of nitrogens with one attached hydrogen (secondary N) is 1. The van der Waals surface area contributed by atoms with Gasteiger partial charge in [0.25, 0.3) is 0 Å². The SMILES string of the molecule is CN(C)S(=O)(=O)Nc1ccc(CCN)cc1. The van der Waals surface area contributed by atoms with Crippen molar-refractivity contribution in [1.82, 2.24) is 4.31 Å². The molecule has 0 unspecified atom stereocenters. The van der Waals surface area contributed by atoms with E-state index in [0.717, 1.165) is 16.3 Å². The first kappa shape index (κ1) is 13.0. The first-order valence-corrected chi connectivity index (χ1v) is 6.39. The monoisotopic (exact) mass is 243 g/mol. The van der Waals surface area contributed by atoms with Gasteiger partial charge in [-0.05, 0) is 30.7 Å². The molecular weight excluding hydrogens is 226 g/mol. The quantitative estimate of drug-likeness (QED) is 0.786. The standard InChI is InChI=1S/C10H17N3O2S/c1-13(2)16(14,15)12-10-5-3-9(4-6-10)7-8-11/h3-6,12H,7-8,11H2,1-2H3. The fourth-order valence-corrected chi connectivity index (χ4v) is 1.76. The van der Waals surface area contributed by atoms with E-state index in [1.807, 2.05) is 12.1 Å². The van der Waals surface area contributed by atoms with Crippen molar-refractivity contribution in [2.45, 2.75) is 6.42 Å². The molecule has 5 nitrogen and oxygen atoms in total. The minimum absolute atomic E-state index is 0.550. The van der Waals surface area contributed by atoms with E-state index in [4.69, 9.17) is 5.73 Å². The lowest BCUT2D eigenvalue weighted by Gasteiger charge is -2.13. The molecule has 1 aromatic rings. The van der Waals surface area contributed by atoms with E-state index in [9.17, 15) is 8.42 Å². The number of hydrogen-bond acceptors (Lipinski definition) is 3. The highest BCUT2D eigenvalue weighted by Crippen LogP contribution is 2.12. The molecule has 0 radical (unpaired) electrons. The van der Waals surface area contributed by atoms with Crippen LogP contribution in [0.4, 0.5) is 5.69 Å². The summed E-state index contributed by atoms with van der Waals surface area (Å²) in [6, 6.07) is 7.18. The summed E-state index contributed by atoms with van der Waals surface area (Å²) < 4.78 is 26.6. The van der Waals surface area contributed by atoms with Gasteiger partial charge in [-0.2, -0.15) is 12.7 Å². The molecular formula is C10H17N3O2S. The summed E-state index contributed by atoms with van der Waals surface area (Å²) >= 11 is 0. The van der Waals surface area contributed by atoms with Crippen molar-refractivity contribution in [2.24, 2.45) is 5.73 Å². The lowest BCUT2D eigenvalue weighted by atomic mass is 10.1. The number of benzene rings is 1. The summed E-state index contributed by atoms with van der Waals surface area (Å²) in [5, 5.41) is 0. The molecule has 1 aromatic carbocycles. The Kier molecular flexibility index (Phi) is 4.28. The van der Waals surface area contributed by atoms with Crippen LogP contribution in [-0.2, 0) is 16.6 Å². The van der Waals surface area contributed by atoms with Gasteiger partial charge in [0, 0.05) is 19.8 Å². The maximum Gasteiger partial charge on any atom is 0.301 e. The highest BCUT2D eigenvalue weighted by Gasteiger charge is 2.12. The maximum absolute atomic E-state index is 11.5. The lowest BCUT2D eigenvalue weighted by Crippen LogP contribution is -2.28. The summed E-state index contributed by atoms with van der Waals surface area (Å²) in [7, 11) is -0.463. The predicted molar refractivity (Wildman–Crippen MR) is 65.4 cm³/mol. The van der Waals surface area contributed by atoms with E-state index in [-0.39, 0.29) is 0 Å². The van der Waals surface area contributed by atoms with Crippen LogP contribution in [-0.4, -0.2) is 33.4 Å². The van der Waals surface area contributed by atoms with E-state index in [2.05, 4.69) is 4.72 Å². The molecule has 6 heteroatoms. The predicted octanol–water partition coefficient (Wildman–Crippen LogP) is 0.406. The Bertz CT molecular complexity index is 426. The van der Waals surface area contributed by atoms with Gasteiger partial charge in [-0.25, -0.2) is 0 Å². The summed E-state index contributed by atoms with van der Waals surface area (Å²) in [6.45, 7) is 0.586. The average molecular weight is 243 g/mol. The van der Waals surface area contributed by atoms with Crippen molar-refractivity contribution in [2.75, 3.05) is 25.4 Å². The van der Waals surface area contributed by atoms with Crippen LogP contribution in [0.25, 0.3) is 0 Å². The Morgan fingerprint density at radius 2 is 1.81 bits per heavy atom. The molecule has 90 valence electrons. The number of nitrogens with zero attached hydrogens (tertiary/aromatic N) is 1. The lowest BCUT2D eigenvalue weighted by molar-refractivity contribution is 0.527. The van der Waals surface area contributed by atoms with Crippen molar-refractivity contribution in [3.8, 4) is 0 Å². The Morgan fingerprint density at radius 3 is 2.25 bits per heavy atom. The Morgan fingerprint density at radius 1 is 1.25 bits per heavy atom. The third-order valence-electron chi connectivity index (χ3n) is 2.11. The van der Waals surface area contributed by atoms with Gasteiger partial charge in [0.2, 0.25) is 0 Å². The molecule has 0 fully saturated rings. The molecule has 0 saturated carbocycles. The van der Waals surface area contributed by atoms with Crippen molar-refractivity contribution in [1.29, 1.82) is 0 Å². The van der Waals surface area contributed by atoms with E-state index >= 15 is 0 Å². The Labute approximate surface area is 96.4 Å². The van der Waals surface area contributed by atoms with E-state index in [0.29, 0.717) is 12.2 Å².